The standard InChI is InChI=1S/C18H35N2.H2O4S/c1-3-4-5-6-7-8-9-10-11-12-13-14-15-20-17-16-19(2)18-20;1-5(2,3)4/h16-18H,3-15H2,1-2H3;(H2,1,2,3,4)/q+1;/p-1. The Kier molecular flexibility index (Phi) is 14.8. The molecule has 1 rings (SSSR count). The van der Waals surface area contributed by atoms with Crippen LogP contribution in [0.4, 0.5) is 0 Å². The molecule has 0 radical (unpaired) electrons. The Bertz CT molecular complexity index is 507. The van der Waals surface area contributed by atoms with Crippen LogP contribution in [0, 0.1) is 0 Å². The van der Waals surface area contributed by atoms with E-state index in [2.05, 4.69) is 41.8 Å². The molecule has 0 spiro atoms. The zero-order valence-corrected chi connectivity index (χ0v) is 16.7. The number of nitrogens with zero attached hydrogens (tertiary/aromatic N) is 2. The molecule has 0 amide bonds. The first kappa shape index (κ1) is 24.1. The Labute approximate surface area is 153 Å². The van der Waals surface area contributed by atoms with E-state index < -0.39 is 10.4 Å². The summed E-state index contributed by atoms with van der Waals surface area (Å²) in [7, 11) is -2.83. The van der Waals surface area contributed by atoms with E-state index in [1.165, 1.54) is 83.6 Å². The molecule has 1 aromatic heterocycles. The van der Waals surface area contributed by atoms with E-state index in [9.17, 15) is 0 Å². The van der Waals surface area contributed by atoms with Gasteiger partial charge in [-0.25, -0.2) is 17.6 Å². The summed E-state index contributed by atoms with van der Waals surface area (Å²) in [6, 6.07) is 0. The highest BCUT2D eigenvalue weighted by molar-refractivity contribution is 7.79. The Balaban J connectivity index is 0.00000101. The highest BCUT2D eigenvalue weighted by atomic mass is 32.3. The van der Waals surface area contributed by atoms with E-state index in [0.717, 1.165) is 0 Å². The summed E-state index contributed by atoms with van der Waals surface area (Å²) < 4.78 is 37.2. The van der Waals surface area contributed by atoms with Crippen molar-refractivity contribution in [2.45, 2.75) is 90.5 Å². The molecule has 0 atom stereocenters. The molecule has 148 valence electrons. The van der Waals surface area contributed by atoms with Gasteiger partial charge in [0, 0.05) is 0 Å². The molecule has 0 saturated carbocycles. The predicted octanol–water partition coefficient (Wildman–Crippen LogP) is 4.02. The van der Waals surface area contributed by atoms with Crippen molar-refractivity contribution in [2.24, 2.45) is 7.05 Å². The molecule has 0 aromatic carbocycles. The van der Waals surface area contributed by atoms with Crippen LogP contribution in [0.5, 0.6) is 0 Å². The van der Waals surface area contributed by atoms with Gasteiger partial charge in [0.1, 0.15) is 12.4 Å². The number of imidazole rings is 1. The van der Waals surface area contributed by atoms with Crippen molar-refractivity contribution in [1.29, 1.82) is 0 Å². The van der Waals surface area contributed by atoms with Crippen molar-refractivity contribution >= 4 is 10.4 Å². The molecular formula is C18H36N2O4S. The van der Waals surface area contributed by atoms with Crippen LogP contribution in [-0.2, 0) is 24.0 Å². The molecule has 0 aliphatic heterocycles. The summed E-state index contributed by atoms with van der Waals surface area (Å²) in [5, 5.41) is 0. The minimum atomic E-state index is -4.92. The van der Waals surface area contributed by atoms with Gasteiger partial charge in [0.25, 0.3) is 0 Å². The van der Waals surface area contributed by atoms with E-state index in [1.54, 1.807) is 0 Å². The van der Waals surface area contributed by atoms with Crippen molar-refractivity contribution in [3.63, 3.8) is 0 Å². The minimum absolute atomic E-state index is 1.18. The van der Waals surface area contributed by atoms with Crippen LogP contribution in [0.1, 0.15) is 84.0 Å². The molecule has 0 saturated heterocycles. The Morgan fingerprint density at radius 1 is 0.920 bits per heavy atom. The fourth-order valence-corrected chi connectivity index (χ4v) is 2.77. The van der Waals surface area contributed by atoms with Crippen LogP contribution in [0.25, 0.3) is 0 Å². The minimum Gasteiger partial charge on any atom is -0.726 e. The Hall–Kier alpha value is -0.920. The SMILES string of the molecule is CCCCCCCCCCCCCCn1cc[n+](C)c1.O=S(=O)([O-])O. The first-order chi connectivity index (χ1) is 11.8. The lowest BCUT2D eigenvalue weighted by molar-refractivity contribution is -0.671. The van der Waals surface area contributed by atoms with E-state index in [-0.39, 0.29) is 0 Å². The first-order valence-corrected chi connectivity index (χ1v) is 10.9. The van der Waals surface area contributed by atoms with Crippen LogP contribution in [0.2, 0.25) is 0 Å². The van der Waals surface area contributed by atoms with Gasteiger partial charge >= 0.3 is 0 Å². The molecule has 6 nitrogen and oxygen atoms in total. The number of hydrogen-bond acceptors (Lipinski definition) is 3. The van der Waals surface area contributed by atoms with Crippen molar-refractivity contribution in [2.75, 3.05) is 0 Å². The smallest absolute Gasteiger partial charge is 0.243 e. The number of hydrogen-bond donors (Lipinski definition) is 1. The quantitative estimate of drug-likeness (QED) is 0.244. The fraction of sp³-hybridized carbons (Fsp3) is 0.833. The van der Waals surface area contributed by atoms with Crippen LogP contribution in [0.3, 0.4) is 0 Å². The van der Waals surface area contributed by atoms with Gasteiger partial charge in [-0.05, 0) is 12.8 Å². The molecule has 1 aromatic rings. The van der Waals surface area contributed by atoms with Gasteiger partial charge < -0.3 is 4.55 Å². The van der Waals surface area contributed by atoms with Crippen molar-refractivity contribution in [1.82, 2.24) is 4.57 Å². The molecule has 7 heteroatoms. The van der Waals surface area contributed by atoms with Gasteiger partial charge in [0.05, 0.1) is 13.6 Å². The lowest BCUT2D eigenvalue weighted by Gasteiger charge is -2.02. The molecule has 0 bridgehead atoms. The van der Waals surface area contributed by atoms with Crippen LogP contribution in [-0.4, -0.2) is 22.1 Å². The first-order valence-electron chi connectivity index (χ1n) is 9.52. The average Bonchev–Trinajstić information content (AvgIpc) is 2.92. The number of aryl methyl sites for hydroxylation is 2. The maximum absolute atomic E-state index is 8.63. The van der Waals surface area contributed by atoms with Gasteiger partial charge in [-0.15, -0.1) is 0 Å². The molecule has 0 aliphatic carbocycles. The van der Waals surface area contributed by atoms with Crippen molar-refractivity contribution < 1.29 is 22.1 Å². The molecule has 0 fully saturated rings. The molecule has 0 aliphatic rings. The van der Waals surface area contributed by atoms with Crippen molar-refractivity contribution in [3.8, 4) is 0 Å². The molecular weight excluding hydrogens is 340 g/mol. The Morgan fingerprint density at radius 2 is 1.32 bits per heavy atom. The second-order valence-electron chi connectivity index (χ2n) is 6.63. The number of unbranched alkanes of at least 4 members (excludes halogenated alkanes) is 11. The Morgan fingerprint density at radius 3 is 1.68 bits per heavy atom. The maximum Gasteiger partial charge on any atom is 0.243 e. The zero-order chi connectivity index (χ0) is 19.0. The second-order valence-corrected chi connectivity index (χ2v) is 7.49. The highest BCUT2D eigenvalue weighted by Crippen LogP contribution is 2.12. The third-order valence-electron chi connectivity index (χ3n) is 4.09. The lowest BCUT2D eigenvalue weighted by Crippen LogP contribution is -2.23. The van der Waals surface area contributed by atoms with Crippen LogP contribution < -0.4 is 4.57 Å². The average molecular weight is 377 g/mol. The summed E-state index contributed by atoms with van der Waals surface area (Å²) >= 11 is 0. The third kappa shape index (κ3) is 21.0. The van der Waals surface area contributed by atoms with E-state index in [4.69, 9.17) is 17.5 Å². The third-order valence-corrected chi connectivity index (χ3v) is 4.09. The van der Waals surface area contributed by atoms with Gasteiger partial charge in [-0.1, -0.05) is 71.1 Å². The summed E-state index contributed by atoms with van der Waals surface area (Å²) in [5.74, 6) is 0. The van der Waals surface area contributed by atoms with Crippen LogP contribution >= 0.6 is 0 Å². The van der Waals surface area contributed by atoms with Gasteiger partial charge in [0.2, 0.25) is 16.7 Å². The fourth-order valence-electron chi connectivity index (χ4n) is 2.77. The normalized spacial score (nSPS) is 11.2. The predicted molar refractivity (Wildman–Crippen MR) is 99.0 cm³/mol. The van der Waals surface area contributed by atoms with Gasteiger partial charge in [-0.3, -0.25) is 4.55 Å². The molecule has 25 heavy (non-hydrogen) atoms. The summed E-state index contributed by atoms with van der Waals surface area (Å²) in [6.45, 7) is 3.47. The van der Waals surface area contributed by atoms with Gasteiger partial charge in [-0.2, -0.15) is 0 Å². The lowest BCUT2D eigenvalue weighted by atomic mass is 10.1. The summed E-state index contributed by atoms with van der Waals surface area (Å²) in [4.78, 5) is 0. The number of rotatable bonds is 13. The second kappa shape index (κ2) is 15.3. The van der Waals surface area contributed by atoms with Crippen LogP contribution in [0.15, 0.2) is 18.7 Å². The maximum atomic E-state index is 8.63. The van der Waals surface area contributed by atoms with E-state index in [0.29, 0.717) is 0 Å². The van der Waals surface area contributed by atoms with Gasteiger partial charge in [0.15, 0.2) is 0 Å². The molecule has 1 heterocycles. The van der Waals surface area contributed by atoms with Crippen molar-refractivity contribution in [3.05, 3.63) is 18.7 Å². The van der Waals surface area contributed by atoms with E-state index >= 15 is 0 Å². The largest absolute Gasteiger partial charge is 0.726 e. The summed E-state index contributed by atoms with van der Waals surface area (Å²) in [6.07, 6.45) is 23.6. The highest BCUT2D eigenvalue weighted by Gasteiger charge is 1.99. The topological polar surface area (TPSA) is 86.2 Å². The molecule has 0 unspecified atom stereocenters. The summed E-state index contributed by atoms with van der Waals surface area (Å²) in [5.41, 5.74) is 0. The zero-order valence-electron chi connectivity index (χ0n) is 15.9. The molecule has 1 N–H and O–H groups in total. The monoisotopic (exact) mass is 376 g/mol. The van der Waals surface area contributed by atoms with E-state index in [1.807, 2.05) is 0 Å². The number of aromatic nitrogens is 2.